The summed E-state index contributed by atoms with van der Waals surface area (Å²) in [6.07, 6.45) is 2.16. The van der Waals surface area contributed by atoms with E-state index in [4.69, 9.17) is 9.97 Å². The van der Waals surface area contributed by atoms with Crippen LogP contribution in [0, 0.1) is 0 Å². The van der Waals surface area contributed by atoms with Gasteiger partial charge in [0.1, 0.15) is 0 Å². The summed E-state index contributed by atoms with van der Waals surface area (Å²) in [5, 5.41) is 6.21. The summed E-state index contributed by atoms with van der Waals surface area (Å²) >= 11 is 0. The van der Waals surface area contributed by atoms with E-state index in [2.05, 4.69) is 206 Å². The largest absolute Gasteiger partial charge is 0.282 e. The fourth-order valence-electron chi connectivity index (χ4n) is 9.88. The van der Waals surface area contributed by atoms with E-state index in [1.807, 2.05) is 12.1 Å². The molecule has 1 aliphatic rings. The first-order chi connectivity index (χ1) is 29.5. The minimum absolute atomic E-state index is 0.209. The minimum atomic E-state index is -0.209. The van der Waals surface area contributed by atoms with Gasteiger partial charge in [0.15, 0.2) is 0 Å². The Morgan fingerprint density at radius 3 is 1.60 bits per heavy atom. The highest BCUT2D eigenvalue weighted by Gasteiger charge is 2.37. The summed E-state index contributed by atoms with van der Waals surface area (Å²) in [6.45, 7) is 4.79. The molecule has 3 nitrogen and oxygen atoms in total. The van der Waals surface area contributed by atoms with Crippen molar-refractivity contribution in [2.45, 2.75) is 19.3 Å². The number of hydrogen-bond donors (Lipinski definition) is 0. The Balaban J connectivity index is 0.999. The molecule has 0 spiro atoms. The van der Waals surface area contributed by atoms with Gasteiger partial charge in [0, 0.05) is 28.1 Å². The first-order valence-corrected chi connectivity index (χ1v) is 20.7. The maximum atomic E-state index is 5.14. The molecule has 11 aromatic rings. The molecule has 0 saturated carbocycles. The van der Waals surface area contributed by atoms with Crippen molar-refractivity contribution in [2.24, 2.45) is 0 Å². The summed E-state index contributed by atoms with van der Waals surface area (Å²) in [6, 6.07) is 70.5. The molecule has 0 unspecified atom stereocenters. The second-order valence-corrected chi connectivity index (χ2v) is 16.6. The lowest BCUT2D eigenvalue weighted by Gasteiger charge is -2.24. The van der Waals surface area contributed by atoms with E-state index >= 15 is 0 Å². The van der Waals surface area contributed by atoms with Crippen molar-refractivity contribution in [1.29, 1.82) is 0 Å². The number of nitrogens with zero attached hydrogens (tertiary/aromatic N) is 3. The first-order valence-electron chi connectivity index (χ1n) is 20.7. The van der Waals surface area contributed by atoms with Crippen LogP contribution in [-0.4, -0.2) is 14.4 Å². The van der Waals surface area contributed by atoms with Crippen LogP contribution in [0.15, 0.2) is 200 Å². The third-order valence-electron chi connectivity index (χ3n) is 12.8. The third kappa shape index (κ3) is 5.22. The van der Waals surface area contributed by atoms with Gasteiger partial charge in [-0.15, -0.1) is 0 Å². The normalized spacial score (nSPS) is 13.0. The quantitative estimate of drug-likeness (QED) is 0.163. The molecule has 12 rings (SSSR count). The molecule has 0 amide bonds. The highest BCUT2D eigenvalue weighted by atomic mass is 15.1. The van der Waals surface area contributed by atoms with Gasteiger partial charge >= 0.3 is 0 Å². The Morgan fingerprint density at radius 2 is 0.933 bits per heavy atom. The molecule has 0 N–H and O–H groups in total. The number of aromatic nitrogens is 3. The third-order valence-corrected chi connectivity index (χ3v) is 12.8. The van der Waals surface area contributed by atoms with E-state index in [1.165, 1.54) is 77.2 Å². The van der Waals surface area contributed by atoms with Crippen molar-refractivity contribution in [3.05, 3.63) is 211 Å². The summed E-state index contributed by atoms with van der Waals surface area (Å²) in [4.78, 5) is 10.1. The zero-order valence-electron chi connectivity index (χ0n) is 33.4. The molecule has 3 heteroatoms. The summed E-state index contributed by atoms with van der Waals surface area (Å²) in [7, 11) is 0. The van der Waals surface area contributed by atoms with Crippen LogP contribution in [0.1, 0.15) is 25.0 Å². The maximum Gasteiger partial charge on any atom is 0.235 e. The second kappa shape index (κ2) is 13.2. The standard InChI is InChI=1S/C57H39N3/c1-57(2)49-32-41(36-26-28-39(29-27-36)54-55(40-20-10-5-11-21-40)60-35-42-22-12-15-25-51(42)58-56(60)59-54)30-31-43(49)46-33-47-48(34-50(46)57)53(38-18-8-4-9-19-38)45-24-14-13-23-44(45)52(47)37-16-6-3-7-17-37/h3-35H,1-2H3. The average Bonchev–Trinajstić information content (AvgIpc) is 3.78. The molecular formula is C57H39N3. The Hall–Kier alpha value is -7.62. The number of benzene rings is 9. The Labute approximate surface area is 348 Å². The van der Waals surface area contributed by atoms with Crippen molar-refractivity contribution in [1.82, 2.24) is 14.4 Å². The van der Waals surface area contributed by atoms with Gasteiger partial charge in [0.05, 0.1) is 16.9 Å². The molecule has 1 aliphatic carbocycles. The van der Waals surface area contributed by atoms with Crippen molar-refractivity contribution in [3.63, 3.8) is 0 Å². The van der Waals surface area contributed by atoms with Gasteiger partial charge in [0.25, 0.3) is 0 Å². The first kappa shape index (κ1) is 34.4. The van der Waals surface area contributed by atoms with Gasteiger partial charge in [-0.1, -0.05) is 184 Å². The SMILES string of the molecule is CC1(C)c2cc(-c3ccc(-c4nc5nc6ccccc6cn5c4-c4ccccc4)cc3)ccc2-c2cc3c(-c4ccccc4)c4ccccc4c(-c4ccccc4)c3cc21. The number of para-hydroxylation sites is 1. The molecule has 0 fully saturated rings. The fraction of sp³-hybridized carbons (Fsp3) is 0.0526. The van der Waals surface area contributed by atoms with E-state index in [9.17, 15) is 0 Å². The predicted molar refractivity (Wildman–Crippen MR) is 250 cm³/mol. The average molecular weight is 766 g/mol. The van der Waals surface area contributed by atoms with Crippen LogP contribution in [0.3, 0.4) is 0 Å². The molecule has 0 bridgehead atoms. The van der Waals surface area contributed by atoms with Crippen LogP contribution in [0.25, 0.3) is 105 Å². The molecule has 60 heavy (non-hydrogen) atoms. The Morgan fingerprint density at radius 1 is 0.400 bits per heavy atom. The van der Waals surface area contributed by atoms with Crippen LogP contribution < -0.4 is 0 Å². The molecule has 2 heterocycles. The number of hydrogen-bond acceptors (Lipinski definition) is 2. The molecule has 2 aromatic heterocycles. The van der Waals surface area contributed by atoms with E-state index in [0.717, 1.165) is 33.4 Å². The second-order valence-electron chi connectivity index (χ2n) is 16.6. The van der Waals surface area contributed by atoms with E-state index in [0.29, 0.717) is 5.78 Å². The van der Waals surface area contributed by atoms with Crippen molar-refractivity contribution in [2.75, 3.05) is 0 Å². The highest BCUT2D eigenvalue weighted by molar-refractivity contribution is 6.22. The molecular weight excluding hydrogens is 727 g/mol. The lowest BCUT2D eigenvalue weighted by molar-refractivity contribution is 0.661. The van der Waals surface area contributed by atoms with Gasteiger partial charge in [-0.2, -0.15) is 0 Å². The lowest BCUT2D eigenvalue weighted by atomic mass is 9.79. The highest BCUT2D eigenvalue weighted by Crippen LogP contribution is 2.54. The van der Waals surface area contributed by atoms with E-state index in [1.54, 1.807) is 0 Å². The van der Waals surface area contributed by atoms with Gasteiger partial charge in [-0.3, -0.25) is 4.40 Å². The van der Waals surface area contributed by atoms with Crippen molar-refractivity contribution in [3.8, 4) is 67.0 Å². The summed E-state index contributed by atoms with van der Waals surface area (Å²) in [5.74, 6) is 0.694. The summed E-state index contributed by atoms with van der Waals surface area (Å²) in [5.41, 5.74) is 17.6. The van der Waals surface area contributed by atoms with E-state index in [-0.39, 0.29) is 5.41 Å². The molecule has 282 valence electrons. The summed E-state index contributed by atoms with van der Waals surface area (Å²) < 4.78 is 2.14. The minimum Gasteiger partial charge on any atom is -0.282 e. The van der Waals surface area contributed by atoms with E-state index < -0.39 is 0 Å². The van der Waals surface area contributed by atoms with Crippen LogP contribution in [0.5, 0.6) is 0 Å². The van der Waals surface area contributed by atoms with Gasteiger partial charge < -0.3 is 0 Å². The molecule has 9 aromatic carbocycles. The van der Waals surface area contributed by atoms with Gasteiger partial charge in [-0.25, -0.2) is 9.97 Å². The van der Waals surface area contributed by atoms with Gasteiger partial charge in [-0.05, 0) is 101 Å². The van der Waals surface area contributed by atoms with Crippen molar-refractivity contribution < 1.29 is 0 Å². The van der Waals surface area contributed by atoms with Crippen LogP contribution >= 0.6 is 0 Å². The van der Waals surface area contributed by atoms with Crippen molar-refractivity contribution >= 4 is 38.2 Å². The lowest BCUT2D eigenvalue weighted by Crippen LogP contribution is -2.15. The van der Waals surface area contributed by atoms with Crippen LogP contribution in [0.2, 0.25) is 0 Å². The smallest absolute Gasteiger partial charge is 0.235 e. The zero-order valence-corrected chi connectivity index (χ0v) is 33.4. The maximum absolute atomic E-state index is 5.14. The molecule has 0 atom stereocenters. The fourth-order valence-corrected chi connectivity index (χ4v) is 9.88. The molecule has 0 radical (unpaired) electrons. The zero-order chi connectivity index (χ0) is 40.0. The number of rotatable bonds is 5. The topological polar surface area (TPSA) is 30.2 Å². The van der Waals surface area contributed by atoms with Gasteiger partial charge in [0.2, 0.25) is 5.78 Å². The predicted octanol–water partition coefficient (Wildman–Crippen LogP) is 14.8. The van der Waals surface area contributed by atoms with Crippen LogP contribution in [-0.2, 0) is 5.41 Å². The Bertz CT molecular complexity index is 3470. The molecule has 0 aliphatic heterocycles. The Kier molecular flexibility index (Phi) is 7.58. The van der Waals surface area contributed by atoms with Crippen LogP contribution in [0.4, 0.5) is 0 Å². The number of imidazole rings is 1. The number of fused-ring (bicyclic) bond motifs is 7. The monoisotopic (exact) mass is 765 g/mol. The molecule has 0 saturated heterocycles.